The molecule has 0 fully saturated rings. The topological polar surface area (TPSA) is 71.7 Å². The van der Waals surface area contributed by atoms with Gasteiger partial charge in [-0.25, -0.2) is 10.8 Å². The Bertz CT molecular complexity index is 639. The molecule has 5 nitrogen and oxygen atoms in total. The number of hydrogen-bond acceptors (Lipinski definition) is 3. The minimum Gasteiger partial charge on any atom is -0.491 e. The van der Waals surface area contributed by atoms with Crippen LogP contribution in [0.1, 0.15) is 19.4 Å². The molecular formula is C17H21ClN4O. The number of nitrogens with two attached hydrogens (primary N) is 1. The van der Waals surface area contributed by atoms with Crippen LogP contribution in [0, 0.1) is 0 Å². The molecule has 0 radical (unpaired) electrons. The maximum Gasteiger partial charge on any atom is 0.210 e. The Balaban J connectivity index is 1.98. The lowest BCUT2D eigenvalue weighted by atomic mass is 10.2. The zero-order chi connectivity index (χ0) is 16.7. The molecule has 0 heterocycles. The fourth-order valence-corrected chi connectivity index (χ4v) is 2.03. The number of rotatable bonds is 5. The van der Waals surface area contributed by atoms with Crippen molar-refractivity contribution in [1.82, 2.24) is 5.43 Å². The number of ether oxygens (including phenoxy) is 1. The lowest BCUT2D eigenvalue weighted by Gasteiger charge is -2.12. The van der Waals surface area contributed by atoms with Crippen LogP contribution in [0.3, 0.4) is 0 Å². The molecule has 0 bridgehead atoms. The Hall–Kier alpha value is -2.24. The highest BCUT2D eigenvalue weighted by Crippen LogP contribution is 2.17. The van der Waals surface area contributed by atoms with Crippen molar-refractivity contribution >= 4 is 23.2 Å². The van der Waals surface area contributed by atoms with E-state index in [2.05, 4.69) is 15.7 Å². The molecule has 23 heavy (non-hydrogen) atoms. The Kier molecular flexibility index (Phi) is 6.26. The zero-order valence-electron chi connectivity index (χ0n) is 13.2. The van der Waals surface area contributed by atoms with E-state index >= 15 is 0 Å². The van der Waals surface area contributed by atoms with Crippen LogP contribution in [0.2, 0.25) is 5.02 Å². The lowest BCUT2D eigenvalue weighted by Crippen LogP contribution is -2.36. The molecular weight excluding hydrogens is 312 g/mol. The predicted molar refractivity (Wildman–Crippen MR) is 95.7 cm³/mol. The van der Waals surface area contributed by atoms with Crippen LogP contribution in [-0.4, -0.2) is 12.1 Å². The summed E-state index contributed by atoms with van der Waals surface area (Å²) >= 11 is 5.86. The van der Waals surface area contributed by atoms with Crippen molar-refractivity contribution in [2.75, 3.05) is 5.32 Å². The van der Waals surface area contributed by atoms with E-state index in [0.29, 0.717) is 17.5 Å². The summed E-state index contributed by atoms with van der Waals surface area (Å²) in [6.45, 7) is 4.48. The molecule has 122 valence electrons. The number of hydrogen-bond donors (Lipinski definition) is 3. The second-order valence-corrected chi connectivity index (χ2v) is 5.69. The molecule has 0 aliphatic rings. The van der Waals surface area contributed by atoms with Gasteiger partial charge in [0.25, 0.3) is 0 Å². The number of nitrogens with zero attached hydrogens (tertiary/aromatic N) is 1. The number of aliphatic imine (C=N–C) groups is 1. The molecule has 0 saturated carbocycles. The van der Waals surface area contributed by atoms with Gasteiger partial charge in [0.2, 0.25) is 5.96 Å². The van der Waals surface area contributed by atoms with Gasteiger partial charge in [0.15, 0.2) is 0 Å². The summed E-state index contributed by atoms with van der Waals surface area (Å²) in [4.78, 5) is 4.40. The second-order valence-electron chi connectivity index (χ2n) is 5.25. The maximum atomic E-state index is 5.86. The number of benzene rings is 2. The molecule has 0 amide bonds. The average Bonchev–Trinajstić information content (AvgIpc) is 2.54. The molecule has 0 spiro atoms. The number of hydrazine groups is 1. The van der Waals surface area contributed by atoms with Crippen LogP contribution in [0.5, 0.6) is 5.75 Å². The number of nitrogens with one attached hydrogen (secondary N) is 2. The Labute approximate surface area is 141 Å². The molecule has 6 heteroatoms. The highest BCUT2D eigenvalue weighted by atomic mass is 35.5. The van der Waals surface area contributed by atoms with Gasteiger partial charge in [0.05, 0.1) is 12.6 Å². The summed E-state index contributed by atoms with van der Waals surface area (Å²) in [6, 6.07) is 15.1. The molecule has 0 saturated heterocycles. The zero-order valence-corrected chi connectivity index (χ0v) is 14.0. The minimum atomic E-state index is 0.149. The summed E-state index contributed by atoms with van der Waals surface area (Å²) < 4.78 is 5.61. The van der Waals surface area contributed by atoms with E-state index in [0.717, 1.165) is 17.0 Å². The fraction of sp³-hybridized carbons (Fsp3) is 0.235. The van der Waals surface area contributed by atoms with Crippen molar-refractivity contribution in [3.05, 3.63) is 59.1 Å². The normalized spacial score (nSPS) is 11.4. The van der Waals surface area contributed by atoms with Crippen molar-refractivity contribution in [2.24, 2.45) is 10.8 Å². The SMILES string of the molecule is CC(C)Oc1ccc(NC(=NCc2ccc(Cl)cc2)NN)cc1. The van der Waals surface area contributed by atoms with E-state index in [4.69, 9.17) is 22.2 Å². The van der Waals surface area contributed by atoms with Gasteiger partial charge in [-0.3, -0.25) is 5.43 Å². The number of halogens is 1. The third-order valence-corrected chi connectivity index (χ3v) is 3.21. The minimum absolute atomic E-state index is 0.149. The van der Waals surface area contributed by atoms with Crippen LogP contribution in [-0.2, 0) is 6.54 Å². The van der Waals surface area contributed by atoms with Crippen molar-refractivity contribution in [3.63, 3.8) is 0 Å². The van der Waals surface area contributed by atoms with Crippen LogP contribution >= 0.6 is 11.6 Å². The first-order valence-electron chi connectivity index (χ1n) is 7.36. The standard InChI is InChI=1S/C17H21ClN4O/c1-12(2)23-16-9-7-15(8-10-16)21-17(22-19)20-11-13-3-5-14(18)6-4-13/h3-10,12H,11,19H2,1-2H3,(H2,20,21,22). The van der Waals surface area contributed by atoms with Gasteiger partial charge in [0.1, 0.15) is 5.75 Å². The van der Waals surface area contributed by atoms with Gasteiger partial charge in [-0.15, -0.1) is 0 Å². The summed E-state index contributed by atoms with van der Waals surface area (Å²) in [5.74, 6) is 6.82. The van der Waals surface area contributed by atoms with Crippen molar-refractivity contribution < 1.29 is 4.74 Å². The van der Waals surface area contributed by atoms with Crippen LogP contribution in [0.4, 0.5) is 5.69 Å². The number of anilines is 1. The summed E-state index contributed by atoms with van der Waals surface area (Å²) in [6.07, 6.45) is 0.149. The summed E-state index contributed by atoms with van der Waals surface area (Å²) in [5.41, 5.74) is 4.48. The van der Waals surface area contributed by atoms with Gasteiger partial charge in [-0.1, -0.05) is 23.7 Å². The lowest BCUT2D eigenvalue weighted by molar-refractivity contribution is 0.242. The van der Waals surface area contributed by atoms with E-state index in [1.165, 1.54) is 0 Å². The molecule has 2 aromatic carbocycles. The largest absolute Gasteiger partial charge is 0.491 e. The quantitative estimate of drug-likeness (QED) is 0.339. The van der Waals surface area contributed by atoms with E-state index in [1.807, 2.05) is 62.4 Å². The van der Waals surface area contributed by atoms with E-state index in [1.54, 1.807) is 0 Å². The average molecular weight is 333 g/mol. The van der Waals surface area contributed by atoms with Crippen molar-refractivity contribution in [3.8, 4) is 5.75 Å². The summed E-state index contributed by atoms with van der Waals surface area (Å²) in [7, 11) is 0. The van der Waals surface area contributed by atoms with Crippen LogP contribution in [0.25, 0.3) is 0 Å². The highest BCUT2D eigenvalue weighted by Gasteiger charge is 2.01. The van der Waals surface area contributed by atoms with E-state index in [9.17, 15) is 0 Å². The van der Waals surface area contributed by atoms with Crippen molar-refractivity contribution in [1.29, 1.82) is 0 Å². The van der Waals surface area contributed by atoms with E-state index in [-0.39, 0.29) is 6.10 Å². The maximum absolute atomic E-state index is 5.86. The van der Waals surface area contributed by atoms with Gasteiger partial charge < -0.3 is 10.1 Å². The van der Waals surface area contributed by atoms with E-state index < -0.39 is 0 Å². The first kappa shape index (κ1) is 17.1. The molecule has 0 aromatic heterocycles. The molecule has 4 N–H and O–H groups in total. The Morgan fingerprint density at radius 3 is 2.35 bits per heavy atom. The molecule has 2 rings (SSSR count). The van der Waals surface area contributed by atoms with Gasteiger partial charge in [-0.05, 0) is 55.8 Å². The molecule has 2 aromatic rings. The van der Waals surface area contributed by atoms with Gasteiger partial charge >= 0.3 is 0 Å². The Morgan fingerprint density at radius 2 is 1.78 bits per heavy atom. The molecule has 0 aliphatic carbocycles. The van der Waals surface area contributed by atoms with Gasteiger partial charge in [0, 0.05) is 10.7 Å². The summed E-state index contributed by atoms with van der Waals surface area (Å²) in [5, 5.41) is 3.83. The monoisotopic (exact) mass is 332 g/mol. The smallest absolute Gasteiger partial charge is 0.210 e. The molecule has 0 atom stereocenters. The molecule has 0 aliphatic heterocycles. The fourth-order valence-electron chi connectivity index (χ4n) is 1.91. The highest BCUT2D eigenvalue weighted by molar-refractivity contribution is 6.30. The first-order chi connectivity index (χ1) is 11.1. The third-order valence-electron chi connectivity index (χ3n) is 2.96. The van der Waals surface area contributed by atoms with Crippen LogP contribution in [0.15, 0.2) is 53.5 Å². The first-order valence-corrected chi connectivity index (χ1v) is 7.74. The molecule has 0 unspecified atom stereocenters. The number of guanidine groups is 1. The Morgan fingerprint density at radius 1 is 1.13 bits per heavy atom. The second kappa shape index (κ2) is 8.41. The van der Waals surface area contributed by atoms with Crippen LogP contribution < -0.4 is 21.3 Å². The third kappa shape index (κ3) is 5.81. The van der Waals surface area contributed by atoms with Gasteiger partial charge in [-0.2, -0.15) is 0 Å². The van der Waals surface area contributed by atoms with Crippen molar-refractivity contribution in [2.45, 2.75) is 26.5 Å². The predicted octanol–water partition coefficient (Wildman–Crippen LogP) is 3.56.